The van der Waals surface area contributed by atoms with Crippen molar-refractivity contribution in [2.24, 2.45) is 0 Å². The zero-order chi connectivity index (χ0) is 11.7. The molecule has 0 fully saturated rings. The molecule has 0 bridgehead atoms. The molecule has 0 aromatic carbocycles. The Morgan fingerprint density at radius 2 is 2.20 bits per heavy atom. The van der Waals surface area contributed by atoms with Gasteiger partial charge in [-0.05, 0) is 0 Å². The van der Waals surface area contributed by atoms with Crippen LogP contribution >= 0.6 is 11.8 Å². The van der Waals surface area contributed by atoms with E-state index in [0.29, 0.717) is 0 Å². The van der Waals surface area contributed by atoms with Crippen molar-refractivity contribution < 1.29 is 19.8 Å². The highest BCUT2D eigenvalue weighted by Gasteiger charge is 2.18. The van der Waals surface area contributed by atoms with Gasteiger partial charge in [0, 0.05) is 13.0 Å². The van der Waals surface area contributed by atoms with Crippen molar-refractivity contribution >= 4 is 23.6 Å². The van der Waals surface area contributed by atoms with Gasteiger partial charge in [-0.2, -0.15) is 5.26 Å². The molecule has 84 valence electrons. The first-order valence-corrected chi connectivity index (χ1v) is 5.35. The van der Waals surface area contributed by atoms with E-state index in [1.165, 1.54) is 0 Å². The molecule has 0 aliphatic rings. The summed E-state index contributed by atoms with van der Waals surface area (Å²) >= 11 is 1.10. The summed E-state index contributed by atoms with van der Waals surface area (Å²) in [4.78, 5) is 21.7. The number of nitrogens with zero attached hydrogens (tertiary/aromatic N) is 1. The predicted molar refractivity (Wildman–Crippen MR) is 54.2 cm³/mol. The number of carboxylic acid groups (broad SMARTS) is 1. The fourth-order valence-electron chi connectivity index (χ4n) is 0.812. The van der Waals surface area contributed by atoms with Gasteiger partial charge in [-0.25, -0.2) is 4.79 Å². The summed E-state index contributed by atoms with van der Waals surface area (Å²) in [7, 11) is 0. The molecule has 0 saturated heterocycles. The van der Waals surface area contributed by atoms with Crippen molar-refractivity contribution in [2.75, 3.05) is 18.1 Å². The quantitative estimate of drug-likeness (QED) is 0.495. The minimum Gasteiger partial charge on any atom is -0.480 e. The molecule has 1 amide bonds. The Morgan fingerprint density at radius 3 is 2.67 bits per heavy atom. The molecule has 0 radical (unpaired) electrons. The number of nitriles is 1. The number of hydrogen-bond acceptors (Lipinski definition) is 5. The minimum atomic E-state index is -1.18. The Balaban J connectivity index is 3.90. The van der Waals surface area contributed by atoms with Gasteiger partial charge in [-0.1, -0.05) is 0 Å². The van der Waals surface area contributed by atoms with Crippen LogP contribution in [0, 0.1) is 11.3 Å². The Morgan fingerprint density at radius 1 is 1.53 bits per heavy atom. The molecular formula is C8H12N2O4S. The Hall–Kier alpha value is -1.26. The summed E-state index contributed by atoms with van der Waals surface area (Å²) in [5.41, 5.74) is 0. The second-order valence-electron chi connectivity index (χ2n) is 2.62. The van der Waals surface area contributed by atoms with Crippen molar-refractivity contribution in [3.8, 4) is 6.07 Å². The summed E-state index contributed by atoms with van der Waals surface area (Å²) in [5.74, 6) is -1.40. The lowest BCUT2D eigenvalue weighted by molar-refractivity contribution is -0.141. The van der Waals surface area contributed by atoms with E-state index in [9.17, 15) is 9.59 Å². The number of nitrogens with one attached hydrogen (secondary N) is 1. The second kappa shape index (κ2) is 8.08. The van der Waals surface area contributed by atoms with Crippen LogP contribution in [-0.2, 0) is 9.59 Å². The molecule has 0 heterocycles. The molecule has 0 aliphatic carbocycles. The number of hydrogen-bond donors (Lipinski definition) is 3. The lowest BCUT2D eigenvalue weighted by Crippen LogP contribution is -2.42. The Labute approximate surface area is 91.3 Å². The van der Waals surface area contributed by atoms with Gasteiger partial charge < -0.3 is 15.5 Å². The van der Waals surface area contributed by atoms with Crippen LogP contribution in [0.25, 0.3) is 0 Å². The van der Waals surface area contributed by atoms with Crippen molar-refractivity contribution in [3.05, 3.63) is 0 Å². The van der Waals surface area contributed by atoms with E-state index in [-0.39, 0.29) is 24.5 Å². The lowest BCUT2D eigenvalue weighted by Gasteiger charge is -2.12. The second-order valence-corrected chi connectivity index (χ2v) is 3.61. The highest BCUT2D eigenvalue weighted by molar-refractivity contribution is 8.00. The van der Waals surface area contributed by atoms with Crippen LogP contribution in [0.15, 0.2) is 0 Å². The zero-order valence-electron chi connectivity index (χ0n) is 7.97. The molecule has 15 heavy (non-hydrogen) atoms. The van der Waals surface area contributed by atoms with E-state index >= 15 is 0 Å². The number of amides is 1. The highest BCUT2D eigenvalue weighted by atomic mass is 32.2. The number of aliphatic carboxylic acids is 1. The van der Waals surface area contributed by atoms with E-state index in [0.717, 1.165) is 11.8 Å². The normalized spacial score (nSPS) is 11.5. The van der Waals surface area contributed by atoms with E-state index in [1.807, 2.05) is 6.07 Å². The summed E-state index contributed by atoms with van der Waals surface area (Å²) in [6.45, 7) is -0.303. The first-order chi connectivity index (χ1) is 7.11. The van der Waals surface area contributed by atoms with E-state index < -0.39 is 17.9 Å². The third-order valence-corrected chi connectivity index (χ3v) is 2.25. The average Bonchev–Trinajstić information content (AvgIpc) is 2.17. The number of carboxylic acids is 1. The molecule has 0 rings (SSSR count). The topological polar surface area (TPSA) is 110 Å². The molecule has 1 atom stereocenters. The van der Waals surface area contributed by atoms with Gasteiger partial charge in [-0.15, -0.1) is 11.8 Å². The van der Waals surface area contributed by atoms with Crippen LogP contribution < -0.4 is 5.32 Å². The van der Waals surface area contributed by atoms with Gasteiger partial charge in [0.15, 0.2) is 0 Å². The molecule has 0 aromatic heterocycles. The number of carbonyl (C=O) groups is 2. The maximum Gasteiger partial charge on any atom is 0.326 e. The number of aliphatic hydroxyl groups is 1. The summed E-state index contributed by atoms with van der Waals surface area (Å²) in [5, 5.41) is 27.6. The third kappa shape index (κ3) is 6.76. The molecule has 0 spiro atoms. The maximum atomic E-state index is 11.1. The molecule has 1 unspecified atom stereocenters. The number of carbonyl (C=O) groups excluding carboxylic acids is 1. The van der Waals surface area contributed by atoms with E-state index in [1.54, 1.807) is 0 Å². The van der Waals surface area contributed by atoms with Gasteiger partial charge >= 0.3 is 5.97 Å². The van der Waals surface area contributed by atoms with Crippen LogP contribution in [0.3, 0.4) is 0 Å². The van der Waals surface area contributed by atoms with E-state index in [2.05, 4.69) is 5.32 Å². The minimum absolute atomic E-state index is 0.0238. The molecule has 0 aliphatic heterocycles. The van der Waals surface area contributed by atoms with Crippen LogP contribution in [0.2, 0.25) is 0 Å². The van der Waals surface area contributed by atoms with Gasteiger partial charge in [0.2, 0.25) is 5.91 Å². The molecule has 3 N–H and O–H groups in total. The van der Waals surface area contributed by atoms with Crippen LogP contribution in [0.4, 0.5) is 0 Å². The standard InChI is InChI=1S/C8H12N2O4S/c9-2-4-15-5-7(12)10-6(1-3-11)8(13)14/h6,11H,1,3-5H2,(H,10,12)(H,13,14). The number of rotatable bonds is 7. The van der Waals surface area contributed by atoms with Crippen LogP contribution in [0.5, 0.6) is 0 Å². The Bertz CT molecular complexity index is 264. The van der Waals surface area contributed by atoms with Crippen molar-refractivity contribution in [2.45, 2.75) is 12.5 Å². The van der Waals surface area contributed by atoms with Crippen LogP contribution in [0.1, 0.15) is 6.42 Å². The first-order valence-electron chi connectivity index (χ1n) is 4.19. The van der Waals surface area contributed by atoms with E-state index in [4.69, 9.17) is 15.5 Å². The number of aliphatic hydroxyl groups excluding tert-OH is 1. The molecular weight excluding hydrogens is 220 g/mol. The number of thioether (sulfide) groups is 1. The molecule has 7 heteroatoms. The molecule has 6 nitrogen and oxygen atoms in total. The third-order valence-electron chi connectivity index (χ3n) is 1.45. The van der Waals surface area contributed by atoms with Crippen molar-refractivity contribution in [3.63, 3.8) is 0 Å². The van der Waals surface area contributed by atoms with Crippen molar-refractivity contribution in [1.29, 1.82) is 5.26 Å². The van der Waals surface area contributed by atoms with Gasteiger partial charge in [0.1, 0.15) is 6.04 Å². The lowest BCUT2D eigenvalue weighted by atomic mass is 10.2. The first kappa shape index (κ1) is 13.7. The predicted octanol–water partition coefficient (Wildman–Crippen LogP) is -0.805. The smallest absolute Gasteiger partial charge is 0.326 e. The maximum absolute atomic E-state index is 11.1. The summed E-state index contributed by atoms with van der Waals surface area (Å²) < 4.78 is 0. The van der Waals surface area contributed by atoms with Gasteiger partial charge in [-0.3, -0.25) is 4.79 Å². The molecule has 0 aromatic rings. The SMILES string of the molecule is N#CCSCC(=O)NC(CCO)C(=O)O. The fourth-order valence-corrected chi connectivity index (χ4v) is 1.27. The average molecular weight is 232 g/mol. The summed E-state index contributed by atoms with van der Waals surface area (Å²) in [6.07, 6.45) is -0.0238. The zero-order valence-corrected chi connectivity index (χ0v) is 8.79. The Kier molecular flexibility index (Phi) is 7.40. The van der Waals surface area contributed by atoms with Gasteiger partial charge in [0.25, 0.3) is 0 Å². The summed E-state index contributed by atoms with van der Waals surface area (Å²) in [6, 6.07) is 0.786. The monoisotopic (exact) mass is 232 g/mol. The highest BCUT2D eigenvalue weighted by Crippen LogP contribution is 1.98. The molecule has 0 saturated carbocycles. The van der Waals surface area contributed by atoms with Crippen molar-refractivity contribution in [1.82, 2.24) is 5.32 Å². The van der Waals surface area contributed by atoms with Gasteiger partial charge in [0.05, 0.1) is 17.6 Å². The largest absolute Gasteiger partial charge is 0.480 e. The van der Waals surface area contributed by atoms with Crippen LogP contribution in [-0.4, -0.2) is 46.2 Å². The fraction of sp³-hybridized carbons (Fsp3) is 0.625.